The molecule has 124 valence electrons. The van der Waals surface area contributed by atoms with Crippen molar-refractivity contribution in [1.29, 1.82) is 0 Å². The highest BCUT2D eigenvalue weighted by atomic mass is 16.5. The van der Waals surface area contributed by atoms with Crippen LogP contribution in [0.4, 0.5) is 0 Å². The van der Waals surface area contributed by atoms with Gasteiger partial charge in [0.2, 0.25) is 5.75 Å². The minimum absolute atomic E-state index is 0.0809. The number of allylic oxidation sites excluding steroid dienone is 1. The molecule has 0 saturated heterocycles. The Bertz CT molecular complexity index is 780. The quantitative estimate of drug-likeness (QED) is 0.782. The molecule has 1 aliphatic carbocycles. The SMILES string of the molecule is CCOc1c(OC)cc(/C=C2\Cc3ccccc3C2=O)cc1OC. The molecule has 0 atom stereocenters. The van der Waals surface area contributed by atoms with Crippen LogP contribution in [-0.2, 0) is 6.42 Å². The van der Waals surface area contributed by atoms with Crippen LogP contribution in [0.15, 0.2) is 42.0 Å². The molecule has 0 radical (unpaired) electrons. The van der Waals surface area contributed by atoms with Crippen molar-refractivity contribution in [3.05, 3.63) is 58.7 Å². The van der Waals surface area contributed by atoms with Gasteiger partial charge in [-0.05, 0) is 36.3 Å². The van der Waals surface area contributed by atoms with Gasteiger partial charge in [0.1, 0.15) is 0 Å². The lowest BCUT2D eigenvalue weighted by atomic mass is 10.1. The highest BCUT2D eigenvalue weighted by Gasteiger charge is 2.24. The third-order valence-electron chi connectivity index (χ3n) is 4.05. The molecule has 0 saturated carbocycles. The summed E-state index contributed by atoms with van der Waals surface area (Å²) in [5.41, 5.74) is 3.47. The molecule has 0 aliphatic heterocycles. The summed E-state index contributed by atoms with van der Waals surface area (Å²) < 4.78 is 16.4. The van der Waals surface area contributed by atoms with E-state index in [1.165, 1.54) is 0 Å². The van der Waals surface area contributed by atoms with Crippen molar-refractivity contribution in [2.24, 2.45) is 0 Å². The van der Waals surface area contributed by atoms with Crippen molar-refractivity contribution in [2.75, 3.05) is 20.8 Å². The molecule has 4 heteroatoms. The van der Waals surface area contributed by atoms with Crippen LogP contribution in [-0.4, -0.2) is 26.6 Å². The molecule has 4 nitrogen and oxygen atoms in total. The molecule has 2 aromatic rings. The van der Waals surface area contributed by atoms with Crippen LogP contribution in [0.25, 0.3) is 6.08 Å². The standard InChI is InChI=1S/C20H20O4/c1-4-24-20-17(22-2)10-13(11-18(20)23-3)9-15-12-14-7-5-6-8-16(14)19(15)21/h5-11H,4,12H2,1-3H3/b15-9+. The molecule has 3 rings (SSSR count). The number of hydrogen-bond donors (Lipinski definition) is 0. The number of ether oxygens (including phenoxy) is 3. The minimum Gasteiger partial charge on any atom is -0.493 e. The first-order chi connectivity index (χ1) is 11.7. The summed E-state index contributed by atoms with van der Waals surface area (Å²) >= 11 is 0. The number of carbonyl (C=O) groups is 1. The van der Waals surface area contributed by atoms with E-state index in [4.69, 9.17) is 14.2 Å². The Balaban J connectivity index is 2.01. The van der Waals surface area contributed by atoms with Gasteiger partial charge in [0.25, 0.3) is 0 Å². The van der Waals surface area contributed by atoms with E-state index >= 15 is 0 Å². The maximum absolute atomic E-state index is 12.5. The van der Waals surface area contributed by atoms with E-state index in [2.05, 4.69) is 0 Å². The Morgan fingerprint density at radius 1 is 1.08 bits per heavy atom. The zero-order chi connectivity index (χ0) is 17.1. The summed E-state index contributed by atoms with van der Waals surface area (Å²) in [6.07, 6.45) is 2.54. The van der Waals surface area contributed by atoms with Gasteiger partial charge in [-0.1, -0.05) is 24.3 Å². The number of benzene rings is 2. The van der Waals surface area contributed by atoms with Crippen LogP contribution >= 0.6 is 0 Å². The summed E-state index contributed by atoms with van der Waals surface area (Å²) in [6.45, 7) is 2.42. The maximum Gasteiger partial charge on any atom is 0.203 e. The fourth-order valence-electron chi connectivity index (χ4n) is 2.94. The van der Waals surface area contributed by atoms with Crippen LogP contribution in [0.2, 0.25) is 0 Å². The fraction of sp³-hybridized carbons (Fsp3) is 0.250. The molecule has 24 heavy (non-hydrogen) atoms. The van der Waals surface area contributed by atoms with E-state index < -0.39 is 0 Å². The van der Waals surface area contributed by atoms with Gasteiger partial charge in [-0.25, -0.2) is 0 Å². The largest absolute Gasteiger partial charge is 0.493 e. The van der Waals surface area contributed by atoms with Crippen LogP contribution in [0.1, 0.15) is 28.4 Å². The third-order valence-corrected chi connectivity index (χ3v) is 4.05. The fourth-order valence-corrected chi connectivity index (χ4v) is 2.94. The molecule has 0 spiro atoms. The van der Waals surface area contributed by atoms with E-state index in [0.29, 0.717) is 30.3 Å². The van der Waals surface area contributed by atoms with Gasteiger partial charge in [0.05, 0.1) is 20.8 Å². The Kier molecular flexibility index (Phi) is 4.56. The number of methoxy groups -OCH3 is 2. The monoisotopic (exact) mass is 324 g/mol. The lowest BCUT2D eigenvalue weighted by Gasteiger charge is -2.14. The average Bonchev–Trinajstić information content (AvgIpc) is 2.92. The number of carbonyl (C=O) groups excluding carboxylic acids is 1. The van der Waals surface area contributed by atoms with E-state index in [-0.39, 0.29) is 5.78 Å². The molecular formula is C20H20O4. The Hall–Kier alpha value is -2.75. The Morgan fingerprint density at radius 2 is 1.75 bits per heavy atom. The van der Waals surface area contributed by atoms with E-state index in [9.17, 15) is 4.79 Å². The summed E-state index contributed by atoms with van der Waals surface area (Å²) in [7, 11) is 3.18. The molecular weight excluding hydrogens is 304 g/mol. The smallest absolute Gasteiger partial charge is 0.203 e. The first kappa shape index (κ1) is 16.1. The van der Waals surface area contributed by atoms with E-state index in [0.717, 1.165) is 22.3 Å². The van der Waals surface area contributed by atoms with Crippen molar-refractivity contribution < 1.29 is 19.0 Å². The highest BCUT2D eigenvalue weighted by Crippen LogP contribution is 2.39. The summed E-state index contributed by atoms with van der Waals surface area (Å²) in [5.74, 6) is 1.83. The molecule has 0 bridgehead atoms. The third kappa shape index (κ3) is 2.87. The van der Waals surface area contributed by atoms with Crippen molar-refractivity contribution in [3.63, 3.8) is 0 Å². The number of fused-ring (bicyclic) bond motifs is 1. The van der Waals surface area contributed by atoms with Crippen molar-refractivity contribution in [1.82, 2.24) is 0 Å². The molecule has 0 fully saturated rings. The maximum atomic E-state index is 12.5. The van der Waals surface area contributed by atoms with Gasteiger partial charge in [-0.2, -0.15) is 0 Å². The Morgan fingerprint density at radius 3 is 2.33 bits per heavy atom. The predicted octanol–water partition coefficient (Wildman–Crippen LogP) is 3.92. The zero-order valence-corrected chi connectivity index (χ0v) is 14.1. The van der Waals surface area contributed by atoms with E-state index in [1.54, 1.807) is 14.2 Å². The number of hydrogen-bond acceptors (Lipinski definition) is 4. The normalized spacial score (nSPS) is 14.6. The van der Waals surface area contributed by atoms with Crippen LogP contribution in [0.3, 0.4) is 0 Å². The predicted molar refractivity (Wildman–Crippen MR) is 93.2 cm³/mol. The van der Waals surface area contributed by atoms with Crippen molar-refractivity contribution in [2.45, 2.75) is 13.3 Å². The summed E-state index contributed by atoms with van der Waals surface area (Å²) in [6, 6.07) is 11.4. The topological polar surface area (TPSA) is 44.8 Å². The molecule has 0 amide bonds. The summed E-state index contributed by atoms with van der Waals surface area (Å²) in [5, 5.41) is 0. The van der Waals surface area contributed by atoms with Gasteiger partial charge in [0.15, 0.2) is 17.3 Å². The van der Waals surface area contributed by atoms with Crippen molar-refractivity contribution >= 4 is 11.9 Å². The first-order valence-corrected chi connectivity index (χ1v) is 7.90. The highest BCUT2D eigenvalue weighted by molar-refractivity contribution is 6.15. The van der Waals surface area contributed by atoms with Crippen LogP contribution < -0.4 is 14.2 Å². The molecule has 2 aromatic carbocycles. The van der Waals surface area contributed by atoms with Gasteiger partial charge in [-0.15, -0.1) is 0 Å². The molecule has 0 aromatic heterocycles. The van der Waals surface area contributed by atoms with Gasteiger partial charge in [-0.3, -0.25) is 4.79 Å². The molecule has 0 unspecified atom stereocenters. The molecule has 0 heterocycles. The van der Waals surface area contributed by atoms with Gasteiger partial charge < -0.3 is 14.2 Å². The average molecular weight is 324 g/mol. The second-order valence-corrected chi connectivity index (χ2v) is 5.52. The summed E-state index contributed by atoms with van der Waals surface area (Å²) in [4.78, 5) is 12.5. The second-order valence-electron chi connectivity index (χ2n) is 5.52. The molecule has 1 aliphatic rings. The van der Waals surface area contributed by atoms with Crippen LogP contribution in [0, 0.1) is 0 Å². The molecule has 0 N–H and O–H groups in total. The Labute approximate surface area is 141 Å². The van der Waals surface area contributed by atoms with Gasteiger partial charge in [0, 0.05) is 17.6 Å². The van der Waals surface area contributed by atoms with Crippen molar-refractivity contribution in [3.8, 4) is 17.2 Å². The first-order valence-electron chi connectivity index (χ1n) is 7.90. The minimum atomic E-state index is 0.0809. The van der Waals surface area contributed by atoms with Gasteiger partial charge >= 0.3 is 0 Å². The van der Waals surface area contributed by atoms with Crippen LogP contribution in [0.5, 0.6) is 17.2 Å². The number of rotatable bonds is 5. The second kappa shape index (κ2) is 6.79. The van der Waals surface area contributed by atoms with E-state index in [1.807, 2.05) is 49.4 Å². The lowest BCUT2D eigenvalue weighted by Crippen LogP contribution is -2.00. The number of Topliss-reactive ketones (excluding diaryl/α,β-unsaturated/α-hetero) is 1. The number of ketones is 1. The zero-order valence-electron chi connectivity index (χ0n) is 14.1. The lowest BCUT2D eigenvalue weighted by molar-refractivity contribution is 0.104.